The number of carbonyl (C=O) groups is 1. The average molecular weight is 325 g/mol. The summed E-state index contributed by atoms with van der Waals surface area (Å²) in [6.45, 7) is 2.20. The van der Waals surface area contributed by atoms with Crippen LogP contribution in [0.25, 0.3) is 0 Å². The fourth-order valence-electron chi connectivity index (χ4n) is 2.44. The van der Waals surface area contributed by atoms with Gasteiger partial charge in [0.15, 0.2) is 0 Å². The van der Waals surface area contributed by atoms with Crippen molar-refractivity contribution in [1.29, 1.82) is 0 Å². The lowest BCUT2D eigenvalue weighted by atomic mass is 10.1. The number of nitrogens with zero attached hydrogens (tertiary/aromatic N) is 1. The van der Waals surface area contributed by atoms with Crippen LogP contribution in [-0.2, 0) is 11.3 Å². The third-order valence-electron chi connectivity index (χ3n) is 3.61. The molecule has 0 radical (unpaired) electrons. The molecule has 1 aromatic carbocycles. The SMILES string of the molecule is Cc1cc(CNC(=O)[C@@H]2C[C@@H]2c2ccc(Cl)cc2Cl)no1. The molecular weight excluding hydrogens is 311 g/mol. The van der Waals surface area contributed by atoms with E-state index in [9.17, 15) is 4.79 Å². The Kier molecular flexibility index (Phi) is 3.91. The number of hydrogen-bond donors (Lipinski definition) is 1. The number of nitrogens with one attached hydrogen (secondary N) is 1. The van der Waals surface area contributed by atoms with E-state index in [-0.39, 0.29) is 17.7 Å². The molecule has 1 aliphatic rings. The molecule has 0 saturated heterocycles. The van der Waals surface area contributed by atoms with Crippen molar-refractivity contribution in [3.05, 3.63) is 51.3 Å². The average Bonchev–Trinajstić information content (AvgIpc) is 3.11. The molecule has 0 unspecified atom stereocenters. The summed E-state index contributed by atoms with van der Waals surface area (Å²) >= 11 is 12.1. The Hall–Kier alpha value is -1.52. The molecule has 1 aromatic heterocycles. The number of benzene rings is 1. The molecule has 0 bridgehead atoms. The molecule has 3 rings (SSSR count). The Balaban J connectivity index is 1.58. The number of aryl methyl sites for hydroxylation is 1. The molecule has 0 spiro atoms. The van der Waals surface area contributed by atoms with Crippen molar-refractivity contribution >= 4 is 29.1 Å². The van der Waals surface area contributed by atoms with E-state index in [2.05, 4.69) is 10.5 Å². The van der Waals surface area contributed by atoms with Crippen LogP contribution in [0.3, 0.4) is 0 Å². The fraction of sp³-hybridized carbons (Fsp3) is 0.333. The first-order valence-corrected chi connectivity index (χ1v) is 7.45. The highest BCUT2D eigenvalue weighted by atomic mass is 35.5. The molecule has 21 heavy (non-hydrogen) atoms. The minimum atomic E-state index is -0.0309. The van der Waals surface area contributed by atoms with Gasteiger partial charge in [-0.15, -0.1) is 0 Å². The number of amides is 1. The van der Waals surface area contributed by atoms with E-state index in [4.69, 9.17) is 27.7 Å². The molecule has 2 atom stereocenters. The third-order valence-corrected chi connectivity index (χ3v) is 4.17. The number of hydrogen-bond acceptors (Lipinski definition) is 3. The van der Waals surface area contributed by atoms with Crippen LogP contribution < -0.4 is 5.32 Å². The molecule has 4 nitrogen and oxygen atoms in total. The van der Waals surface area contributed by atoms with Crippen molar-refractivity contribution in [2.45, 2.75) is 25.8 Å². The monoisotopic (exact) mass is 324 g/mol. The second-order valence-electron chi connectivity index (χ2n) is 5.26. The number of rotatable bonds is 4. The van der Waals surface area contributed by atoms with E-state index < -0.39 is 0 Å². The second kappa shape index (κ2) is 5.70. The molecule has 1 fully saturated rings. The van der Waals surface area contributed by atoms with Gasteiger partial charge in [0.1, 0.15) is 11.5 Å². The summed E-state index contributed by atoms with van der Waals surface area (Å²) < 4.78 is 4.96. The number of aromatic nitrogens is 1. The quantitative estimate of drug-likeness (QED) is 0.932. The van der Waals surface area contributed by atoms with Gasteiger partial charge in [-0.3, -0.25) is 4.79 Å². The zero-order chi connectivity index (χ0) is 15.0. The lowest BCUT2D eigenvalue weighted by molar-refractivity contribution is -0.122. The molecule has 1 amide bonds. The minimum absolute atomic E-state index is 0.0201. The largest absolute Gasteiger partial charge is 0.361 e. The van der Waals surface area contributed by atoms with Crippen molar-refractivity contribution in [2.75, 3.05) is 0 Å². The van der Waals surface area contributed by atoms with Crippen LogP contribution in [0.4, 0.5) is 0 Å². The van der Waals surface area contributed by atoms with Gasteiger partial charge in [-0.25, -0.2) is 0 Å². The van der Waals surface area contributed by atoms with Crippen molar-refractivity contribution in [2.24, 2.45) is 5.92 Å². The van der Waals surface area contributed by atoms with Crippen molar-refractivity contribution in [1.82, 2.24) is 10.5 Å². The molecule has 0 aliphatic heterocycles. The van der Waals surface area contributed by atoms with Crippen LogP contribution in [-0.4, -0.2) is 11.1 Å². The predicted octanol–water partition coefficient (Wildman–Crippen LogP) is 3.71. The van der Waals surface area contributed by atoms with Gasteiger partial charge in [-0.05, 0) is 37.0 Å². The summed E-state index contributed by atoms with van der Waals surface area (Å²) in [6, 6.07) is 7.21. The van der Waals surface area contributed by atoms with Gasteiger partial charge >= 0.3 is 0 Å². The Morgan fingerprint density at radius 1 is 1.43 bits per heavy atom. The highest BCUT2D eigenvalue weighted by Gasteiger charge is 2.44. The standard InChI is InChI=1S/C15H14Cl2N2O2/c1-8-4-10(19-21-8)7-18-15(20)13-6-12(13)11-3-2-9(16)5-14(11)17/h2-5,12-13H,6-7H2,1H3,(H,18,20)/t12-,13-/m1/s1. The summed E-state index contributed by atoms with van der Waals surface area (Å²) in [7, 11) is 0. The summed E-state index contributed by atoms with van der Waals surface area (Å²) in [5.41, 5.74) is 1.71. The van der Waals surface area contributed by atoms with E-state index in [1.807, 2.05) is 13.0 Å². The predicted molar refractivity (Wildman–Crippen MR) is 80.4 cm³/mol. The first-order chi connectivity index (χ1) is 10.0. The van der Waals surface area contributed by atoms with Crippen LogP contribution in [0.5, 0.6) is 0 Å². The fourth-order valence-corrected chi connectivity index (χ4v) is 2.99. The molecular formula is C15H14Cl2N2O2. The lowest BCUT2D eigenvalue weighted by Gasteiger charge is -2.05. The van der Waals surface area contributed by atoms with E-state index in [0.29, 0.717) is 16.6 Å². The number of carbonyl (C=O) groups excluding carboxylic acids is 1. The molecule has 1 heterocycles. The maximum Gasteiger partial charge on any atom is 0.224 e. The maximum atomic E-state index is 12.1. The van der Waals surface area contributed by atoms with Gasteiger partial charge in [-0.1, -0.05) is 34.4 Å². The maximum absolute atomic E-state index is 12.1. The summed E-state index contributed by atoms with van der Waals surface area (Å²) in [6.07, 6.45) is 0.811. The van der Waals surface area contributed by atoms with Gasteiger partial charge in [0.25, 0.3) is 0 Å². The van der Waals surface area contributed by atoms with E-state index >= 15 is 0 Å². The zero-order valence-corrected chi connectivity index (χ0v) is 12.9. The third kappa shape index (κ3) is 3.22. The molecule has 1 aliphatic carbocycles. The first-order valence-electron chi connectivity index (χ1n) is 6.69. The molecule has 1 saturated carbocycles. The van der Waals surface area contributed by atoms with Crippen LogP contribution in [0.2, 0.25) is 10.0 Å². The van der Waals surface area contributed by atoms with Crippen LogP contribution in [0, 0.1) is 12.8 Å². The summed E-state index contributed by atoms with van der Waals surface area (Å²) in [5.74, 6) is 0.897. The summed E-state index contributed by atoms with van der Waals surface area (Å²) in [5, 5.41) is 7.94. The van der Waals surface area contributed by atoms with Gasteiger partial charge in [0, 0.05) is 22.0 Å². The molecule has 110 valence electrons. The molecule has 1 N–H and O–H groups in total. The first kappa shape index (κ1) is 14.4. The Morgan fingerprint density at radius 3 is 2.90 bits per heavy atom. The van der Waals surface area contributed by atoms with Crippen LogP contribution in [0.1, 0.15) is 29.4 Å². The number of halogens is 2. The Morgan fingerprint density at radius 2 is 2.24 bits per heavy atom. The summed E-state index contributed by atoms with van der Waals surface area (Å²) in [4.78, 5) is 12.1. The van der Waals surface area contributed by atoms with Gasteiger partial charge in [-0.2, -0.15) is 0 Å². The lowest BCUT2D eigenvalue weighted by Crippen LogP contribution is -2.25. The van der Waals surface area contributed by atoms with Crippen molar-refractivity contribution < 1.29 is 9.32 Å². The Labute approximate surface area is 132 Å². The van der Waals surface area contributed by atoms with Gasteiger partial charge < -0.3 is 9.84 Å². The highest BCUT2D eigenvalue weighted by molar-refractivity contribution is 6.35. The van der Waals surface area contributed by atoms with Gasteiger partial charge in [0.2, 0.25) is 5.91 Å². The van der Waals surface area contributed by atoms with Crippen LogP contribution >= 0.6 is 23.2 Å². The highest BCUT2D eigenvalue weighted by Crippen LogP contribution is 2.50. The van der Waals surface area contributed by atoms with Crippen LogP contribution in [0.15, 0.2) is 28.8 Å². The topological polar surface area (TPSA) is 55.1 Å². The van der Waals surface area contributed by atoms with Crippen molar-refractivity contribution in [3.8, 4) is 0 Å². The van der Waals surface area contributed by atoms with Gasteiger partial charge in [0.05, 0.1) is 6.54 Å². The Bertz CT molecular complexity index is 684. The molecule has 2 aromatic rings. The smallest absolute Gasteiger partial charge is 0.224 e. The normalized spacial score (nSPS) is 20.3. The molecule has 6 heteroatoms. The van der Waals surface area contributed by atoms with E-state index in [0.717, 1.165) is 23.4 Å². The second-order valence-corrected chi connectivity index (χ2v) is 6.10. The van der Waals surface area contributed by atoms with E-state index in [1.165, 1.54) is 0 Å². The minimum Gasteiger partial charge on any atom is -0.361 e. The van der Waals surface area contributed by atoms with Crippen molar-refractivity contribution in [3.63, 3.8) is 0 Å². The zero-order valence-electron chi connectivity index (χ0n) is 11.4. The van der Waals surface area contributed by atoms with E-state index in [1.54, 1.807) is 18.2 Å².